The predicted octanol–water partition coefficient (Wildman–Crippen LogP) is 2.79. The Morgan fingerprint density at radius 1 is 1.00 bits per heavy atom. The quantitative estimate of drug-likeness (QED) is 0.651. The summed E-state index contributed by atoms with van der Waals surface area (Å²) in [6, 6.07) is 13.9. The molecule has 0 aromatic heterocycles. The summed E-state index contributed by atoms with van der Waals surface area (Å²) < 4.78 is 5.49. The lowest BCUT2D eigenvalue weighted by molar-refractivity contribution is 0.0775. The van der Waals surface area contributed by atoms with E-state index in [-0.39, 0.29) is 11.8 Å². The van der Waals surface area contributed by atoms with Gasteiger partial charge in [-0.1, -0.05) is 13.0 Å². The zero-order valence-corrected chi connectivity index (χ0v) is 20.4. The summed E-state index contributed by atoms with van der Waals surface area (Å²) in [5.74, 6) is 0.0669. The molecule has 0 radical (unpaired) electrons. The predicted molar refractivity (Wildman–Crippen MR) is 134 cm³/mol. The van der Waals surface area contributed by atoms with Gasteiger partial charge in [-0.15, -0.1) is 0 Å². The number of amides is 2. The molecule has 0 unspecified atom stereocenters. The maximum Gasteiger partial charge on any atom is 0.253 e. The van der Waals surface area contributed by atoms with Gasteiger partial charge in [-0.25, -0.2) is 0 Å². The molecule has 0 aliphatic carbocycles. The third-order valence-electron chi connectivity index (χ3n) is 6.73. The Hall–Kier alpha value is -2.90. The van der Waals surface area contributed by atoms with Crippen molar-refractivity contribution < 1.29 is 14.3 Å². The monoisotopic (exact) mass is 464 g/mol. The molecule has 4 rings (SSSR count). The van der Waals surface area contributed by atoms with Crippen LogP contribution in [0, 0.1) is 0 Å². The number of rotatable bonds is 8. The van der Waals surface area contributed by atoms with Gasteiger partial charge in [0.25, 0.3) is 11.8 Å². The number of likely N-dealkylation sites (N-methyl/N-ethyl adjacent to an activating group) is 1. The first kappa shape index (κ1) is 24.2. The molecule has 0 spiro atoms. The minimum atomic E-state index is -0.0127. The fourth-order valence-electron chi connectivity index (χ4n) is 4.50. The summed E-state index contributed by atoms with van der Waals surface area (Å²) in [6.07, 6.45) is 1.81. The van der Waals surface area contributed by atoms with Crippen LogP contribution in [0.4, 0.5) is 5.69 Å². The SMILES string of the molecule is CCCNC(=O)c1ccc(N2CCN(CCN(C)C(=O)c3ccc4c(c3)CCOC4)CC2)cc1. The Morgan fingerprint density at radius 3 is 2.47 bits per heavy atom. The molecule has 34 heavy (non-hydrogen) atoms. The fraction of sp³-hybridized carbons (Fsp3) is 0.481. The molecule has 182 valence electrons. The minimum Gasteiger partial charge on any atom is -0.376 e. The highest BCUT2D eigenvalue weighted by Crippen LogP contribution is 2.20. The first-order valence-corrected chi connectivity index (χ1v) is 12.4. The molecule has 2 aliphatic heterocycles. The highest BCUT2D eigenvalue weighted by Gasteiger charge is 2.20. The van der Waals surface area contributed by atoms with Crippen molar-refractivity contribution in [1.82, 2.24) is 15.1 Å². The number of anilines is 1. The molecule has 0 saturated carbocycles. The van der Waals surface area contributed by atoms with E-state index < -0.39 is 0 Å². The smallest absolute Gasteiger partial charge is 0.253 e. The number of piperazine rings is 1. The molecular weight excluding hydrogens is 428 g/mol. The highest BCUT2D eigenvalue weighted by atomic mass is 16.5. The van der Waals surface area contributed by atoms with Gasteiger partial charge >= 0.3 is 0 Å². The molecule has 1 fully saturated rings. The highest BCUT2D eigenvalue weighted by molar-refractivity contribution is 5.95. The zero-order chi connectivity index (χ0) is 23.9. The van der Waals surface area contributed by atoms with Gasteiger partial charge in [0.05, 0.1) is 13.2 Å². The van der Waals surface area contributed by atoms with Crippen molar-refractivity contribution in [1.29, 1.82) is 0 Å². The van der Waals surface area contributed by atoms with E-state index in [9.17, 15) is 9.59 Å². The van der Waals surface area contributed by atoms with E-state index in [0.717, 1.165) is 63.4 Å². The number of nitrogens with one attached hydrogen (secondary N) is 1. The third-order valence-corrected chi connectivity index (χ3v) is 6.73. The van der Waals surface area contributed by atoms with E-state index >= 15 is 0 Å². The van der Waals surface area contributed by atoms with Crippen molar-refractivity contribution in [3.63, 3.8) is 0 Å². The summed E-state index contributed by atoms with van der Waals surface area (Å²) in [4.78, 5) is 31.6. The van der Waals surface area contributed by atoms with Crippen molar-refractivity contribution >= 4 is 17.5 Å². The van der Waals surface area contributed by atoms with Crippen LogP contribution in [0.5, 0.6) is 0 Å². The first-order chi connectivity index (χ1) is 16.5. The maximum atomic E-state index is 12.9. The van der Waals surface area contributed by atoms with Crippen LogP contribution in [0.15, 0.2) is 42.5 Å². The number of nitrogens with zero attached hydrogens (tertiary/aromatic N) is 3. The molecule has 2 heterocycles. The number of hydrogen-bond acceptors (Lipinski definition) is 5. The Bertz CT molecular complexity index is 984. The van der Waals surface area contributed by atoms with Crippen molar-refractivity contribution in [3.05, 3.63) is 64.7 Å². The lowest BCUT2D eigenvalue weighted by Gasteiger charge is -2.36. The number of fused-ring (bicyclic) bond motifs is 1. The summed E-state index contributed by atoms with van der Waals surface area (Å²) in [5, 5.41) is 2.92. The molecule has 2 aliphatic rings. The Morgan fingerprint density at radius 2 is 1.74 bits per heavy atom. The lowest BCUT2D eigenvalue weighted by atomic mass is 10.00. The molecule has 0 atom stereocenters. The molecule has 2 amide bonds. The van der Waals surface area contributed by atoms with Gasteiger partial charge in [-0.05, 0) is 60.4 Å². The largest absolute Gasteiger partial charge is 0.376 e. The second kappa shape index (κ2) is 11.5. The van der Waals surface area contributed by atoms with Crippen LogP contribution in [-0.2, 0) is 17.8 Å². The normalized spacial score (nSPS) is 16.1. The van der Waals surface area contributed by atoms with Crippen LogP contribution in [0.2, 0.25) is 0 Å². The van der Waals surface area contributed by atoms with E-state index in [1.54, 1.807) is 0 Å². The average molecular weight is 465 g/mol. The summed E-state index contributed by atoms with van der Waals surface area (Å²) in [6.45, 7) is 9.48. The topological polar surface area (TPSA) is 65.1 Å². The number of hydrogen-bond donors (Lipinski definition) is 1. The standard InChI is InChI=1S/C27H36N4O3/c1-3-11-28-26(32)21-6-8-25(9-7-21)31-16-14-30(15-17-31)13-12-29(2)27(33)23-4-5-24-20-34-18-10-22(24)19-23/h4-9,19H,3,10-18,20H2,1-2H3,(H,28,32). The van der Waals surface area contributed by atoms with Crippen molar-refractivity contribution in [2.45, 2.75) is 26.4 Å². The lowest BCUT2D eigenvalue weighted by Crippen LogP contribution is -2.48. The molecule has 7 nitrogen and oxygen atoms in total. The van der Waals surface area contributed by atoms with E-state index in [0.29, 0.717) is 25.3 Å². The fourth-order valence-corrected chi connectivity index (χ4v) is 4.50. The van der Waals surface area contributed by atoms with E-state index in [2.05, 4.69) is 15.1 Å². The number of ether oxygens (including phenoxy) is 1. The van der Waals surface area contributed by atoms with E-state index in [1.165, 1.54) is 11.1 Å². The van der Waals surface area contributed by atoms with Gasteiger partial charge in [-0.2, -0.15) is 0 Å². The number of carbonyl (C=O) groups is 2. The Labute approximate surface area is 202 Å². The number of benzene rings is 2. The van der Waals surface area contributed by atoms with Gasteiger partial charge in [0.1, 0.15) is 0 Å². The number of carbonyl (C=O) groups excluding carboxylic acids is 2. The van der Waals surface area contributed by atoms with Gasteiger partial charge in [-0.3, -0.25) is 14.5 Å². The second-order valence-corrected chi connectivity index (χ2v) is 9.14. The summed E-state index contributed by atoms with van der Waals surface area (Å²) in [7, 11) is 1.89. The van der Waals surface area contributed by atoms with Gasteiger partial charge in [0.15, 0.2) is 0 Å². The van der Waals surface area contributed by atoms with Crippen molar-refractivity contribution in [3.8, 4) is 0 Å². The second-order valence-electron chi connectivity index (χ2n) is 9.14. The molecule has 0 bridgehead atoms. The Balaban J connectivity index is 1.22. The van der Waals surface area contributed by atoms with E-state index in [1.807, 2.05) is 61.3 Å². The molecule has 1 N–H and O–H groups in total. The summed E-state index contributed by atoms with van der Waals surface area (Å²) in [5.41, 5.74) is 5.04. The Kier molecular flexibility index (Phi) is 8.19. The summed E-state index contributed by atoms with van der Waals surface area (Å²) >= 11 is 0. The van der Waals surface area contributed by atoms with Gasteiger partial charge in [0, 0.05) is 69.7 Å². The van der Waals surface area contributed by atoms with Crippen molar-refractivity contribution in [2.75, 3.05) is 64.4 Å². The minimum absolute atomic E-state index is 0.0127. The molecular formula is C27H36N4O3. The van der Waals surface area contributed by atoms with Crippen LogP contribution in [-0.4, -0.2) is 81.1 Å². The average Bonchev–Trinajstić information content (AvgIpc) is 2.90. The zero-order valence-electron chi connectivity index (χ0n) is 20.4. The van der Waals surface area contributed by atoms with Crippen LogP contribution < -0.4 is 10.2 Å². The van der Waals surface area contributed by atoms with Crippen LogP contribution in [0.1, 0.15) is 45.2 Å². The first-order valence-electron chi connectivity index (χ1n) is 12.4. The maximum absolute atomic E-state index is 12.9. The van der Waals surface area contributed by atoms with Crippen LogP contribution >= 0.6 is 0 Å². The van der Waals surface area contributed by atoms with Crippen LogP contribution in [0.25, 0.3) is 0 Å². The molecule has 2 aromatic carbocycles. The molecule has 7 heteroatoms. The van der Waals surface area contributed by atoms with Gasteiger partial charge in [0.2, 0.25) is 0 Å². The third kappa shape index (κ3) is 5.96. The van der Waals surface area contributed by atoms with E-state index in [4.69, 9.17) is 4.74 Å². The molecule has 1 saturated heterocycles. The van der Waals surface area contributed by atoms with Crippen molar-refractivity contribution in [2.24, 2.45) is 0 Å². The van der Waals surface area contributed by atoms with Crippen LogP contribution in [0.3, 0.4) is 0 Å². The molecule has 2 aromatic rings. The van der Waals surface area contributed by atoms with Gasteiger partial charge < -0.3 is 19.9 Å².